The van der Waals surface area contributed by atoms with E-state index in [0.717, 1.165) is 18.0 Å². The van der Waals surface area contributed by atoms with Gasteiger partial charge in [0.05, 0.1) is 6.10 Å². The van der Waals surface area contributed by atoms with E-state index in [9.17, 15) is 4.79 Å². The van der Waals surface area contributed by atoms with Gasteiger partial charge in [-0.2, -0.15) is 0 Å². The summed E-state index contributed by atoms with van der Waals surface area (Å²) < 4.78 is 12.7. The highest BCUT2D eigenvalue weighted by Gasteiger charge is 2.37. The highest BCUT2D eigenvalue weighted by molar-refractivity contribution is 6.48. The van der Waals surface area contributed by atoms with Gasteiger partial charge in [0.2, 0.25) is 9.04 Å². The molecule has 0 spiro atoms. The quantitative estimate of drug-likeness (QED) is 0.191. The molecule has 1 radical (unpaired) electrons. The summed E-state index contributed by atoms with van der Waals surface area (Å²) in [6, 6.07) is 28.3. The number of amides is 1. The molecule has 39 heavy (non-hydrogen) atoms. The second-order valence-electron chi connectivity index (χ2n) is 11.6. The number of benzene rings is 3. The fraction of sp³-hybridized carbons (Fsp3) is 0.364. The molecule has 0 fully saturated rings. The van der Waals surface area contributed by atoms with Crippen LogP contribution < -0.4 is 10.6 Å². The third-order valence-electron chi connectivity index (χ3n) is 7.04. The number of hydrogen-bond acceptors (Lipinski definition) is 4. The van der Waals surface area contributed by atoms with E-state index in [4.69, 9.17) is 8.84 Å². The Labute approximate surface area is 234 Å². The van der Waals surface area contributed by atoms with Crippen molar-refractivity contribution >= 4 is 31.4 Å². The van der Waals surface area contributed by atoms with Crippen molar-refractivity contribution in [1.29, 1.82) is 0 Å². The van der Waals surface area contributed by atoms with Crippen molar-refractivity contribution in [3.63, 3.8) is 0 Å². The number of hydrogen-bond donors (Lipinski definition) is 2. The fourth-order valence-corrected chi connectivity index (χ4v) is 6.08. The molecule has 3 atom stereocenters. The molecule has 4 rings (SSSR count). The molecule has 0 saturated carbocycles. The summed E-state index contributed by atoms with van der Waals surface area (Å²) in [5.41, 5.74) is 1.93. The molecule has 4 aromatic rings. The first-order valence-corrected chi connectivity index (χ1v) is 16.1. The zero-order chi connectivity index (χ0) is 28.0. The van der Waals surface area contributed by atoms with Crippen LogP contribution in [0, 0.1) is 11.3 Å². The van der Waals surface area contributed by atoms with E-state index in [1.54, 1.807) is 6.07 Å². The minimum absolute atomic E-state index is 0.0205. The maximum Gasteiger partial charge on any atom is 0.291 e. The summed E-state index contributed by atoms with van der Waals surface area (Å²) in [5.74, 6) is 0.994. The number of nitrogens with one attached hydrogen (secondary N) is 2. The number of anilines is 1. The molecule has 1 amide bonds. The van der Waals surface area contributed by atoms with E-state index in [1.165, 1.54) is 16.3 Å². The van der Waals surface area contributed by atoms with Crippen molar-refractivity contribution in [2.45, 2.75) is 65.9 Å². The largest absolute Gasteiger partial charge is 0.456 e. The van der Waals surface area contributed by atoms with Gasteiger partial charge in [0.1, 0.15) is 5.76 Å². The zero-order valence-electron chi connectivity index (χ0n) is 24.0. The number of para-hydroxylation sites is 1. The lowest BCUT2D eigenvalue weighted by Crippen LogP contribution is -2.48. The van der Waals surface area contributed by atoms with Gasteiger partial charge in [0.25, 0.3) is 5.91 Å². The van der Waals surface area contributed by atoms with Gasteiger partial charge in [-0.05, 0) is 72.1 Å². The van der Waals surface area contributed by atoms with Crippen LogP contribution in [-0.4, -0.2) is 27.1 Å². The predicted octanol–water partition coefficient (Wildman–Crippen LogP) is 7.70. The summed E-state index contributed by atoms with van der Waals surface area (Å²) >= 11 is 0. The van der Waals surface area contributed by atoms with E-state index in [0.29, 0.717) is 12.2 Å². The average Bonchev–Trinajstić information content (AvgIpc) is 3.38. The summed E-state index contributed by atoms with van der Waals surface area (Å²) in [7, 11) is -0.940. The molecule has 1 aromatic heterocycles. The lowest BCUT2D eigenvalue weighted by atomic mass is 9.76. The van der Waals surface area contributed by atoms with Crippen molar-refractivity contribution in [3.05, 3.63) is 102 Å². The second kappa shape index (κ2) is 12.8. The first kappa shape index (κ1) is 28.8. The first-order valence-electron chi connectivity index (χ1n) is 13.7. The van der Waals surface area contributed by atoms with Crippen molar-refractivity contribution < 1.29 is 13.6 Å². The molecule has 6 heteroatoms. The molecule has 0 aliphatic heterocycles. The normalized spacial score (nSPS) is 14.3. The van der Waals surface area contributed by atoms with Crippen LogP contribution in [0.4, 0.5) is 5.69 Å². The first-order chi connectivity index (χ1) is 18.6. The maximum atomic E-state index is 12.8. The van der Waals surface area contributed by atoms with Crippen molar-refractivity contribution in [3.8, 4) is 0 Å². The highest BCUT2D eigenvalue weighted by Crippen LogP contribution is 2.34. The van der Waals surface area contributed by atoms with Gasteiger partial charge < -0.3 is 19.5 Å². The molecule has 5 nitrogen and oxygen atoms in total. The highest BCUT2D eigenvalue weighted by atomic mass is 28.3. The Morgan fingerprint density at radius 1 is 0.923 bits per heavy atom. The van der Waals surface area contributed by atoms with E-state index in [2.05, 4.69) is 93.9 Å². The Kier molecular flexibility index (Phi) is 9.43. The van der Waals surface area contributed by atoms with Gasteiger partial charge in [-0.1, -0.05) is 75.4 Å². The fourth-order valence-electron chi connectivity index (χ4n) is 5.04. The number of carbonyl (C=O) groups excluding carboxylic acids is 1. The Morgan fingerprint density at radius 3 is 2.31 bits per heavy atom. The van der Waals surface area contributed by atoms with Crippen molar-refractivity contribution in [2.24, 2.45) is 11.3 Å². The molecule has 3 unspecified atom stereocenters. The third kappa shape index (κ3) is 7.91. The maximum absolute atomic E-state index is 12.8. The summed E-state index contributed by atoms with van der Waals surface area (Å²) in [6.45, 7) is 14.1. The van der Waals surface area contributed by atoms with Gasteiger partial charge in [-0.25, -0.2) is 0 Å². The molecular weight excluding hydrogens is 500 g/mol. The Morgan fingerprint density at radius 2 is 1.62 bits per heavy atom. The average molecular weight is 542 g/mol. The topological polar surface area (TPSA) is 63.5 Å². The number of rotatable bonds is 11. The van der Waals surface area contributed by atoms with Gasteiger partial charge in [0, 0.05) is 30.6 Å². The summed E-state index contributed by atoms with van der Waals surface area (Å²) in [6.07, 6.45) is 0.689. The third-order valence-corrected chi connectivity index (χ3v) is 7.77. The summed E-state index contributed by atoms with van der Waals surface area (Å²) in [5, 5.41) is 9.19. The Bertz CT molecular complexity index is 1360. The van der Waals surface area contributed by atoms with Crippen LogP contribution in [0.5, 0.6) is 0 Å². The molecule has 1 heterocycles. The minimum Gasteiger partial charge on any atom is -0.456 e. The second-order valence-corrected chi connectivity index (χ2v) is 13.7. The van der Waals surface area contributed by atoms with Gasteiger partial charge in [-0.3, -0.25) is 4.79 Å². The molecule has 0 aliphatic carbocycles. The van der Waals surface area contributed by atoms with E-state index < -0.39 is 9.04 Å². The van der Waals surface area contributed by atoms with E-state index in [-0.39, 0.29) is 29.4 Å². The van der Waals surface area contributed by atoms with E-state index >= 15 is 0 Å². The van der Waals surface area contributed by atoms with Crippen LogP contribution in [-0.2, 0) is 17.4 Å². The van der Waals surface area contributed by atoms with E-state index in [1.807, 2.05) is 36.4 Å². The molecule has 205 valence electrons. The lowest BCUT2D eigenvalue weighted by Gasteiger charge is -2.41. The monoisotopic (exact) mass is 541 g/mol. The standard InChI is InChI=1S/C33H41N2O3Si/c1-23(34-22-24-16-17-25-12-10-11-13-26(25)20-24)29(31(33(2,3)4)38-39(5)6)21-28-18-19-30(37-28)32(36)35-27-14-8-7-9-15-27/h7-20,23,29,31,34H,21-22H2,1-6H3,(H,35,36). The Balaban J connectivity index is 1.52. The predicted molar refractivity (Wildman–Crippen MR) is 162 cm³/mol. The van der Waals surface area contributed by atoms with Crippen LogP contribution >= 0.6 is 0 Å². The van der Waals surface area contributed by atoms with Gasteiger partial charge >= 0.3 is 0 Å². The minimum atomic E-state index is -0.940. The Hall–Kier alpha value is -3.19. The summed E-state index contributed by atoms with van der Waals surface area (Å²) in [4.78, 5) is 12.8. The van der Waals surface area contributed by atoms with Gasteiger partial charge in [-0.15, -0.1) is 0 Å². The van der Waals surface area contributed by atoms with Crippen LogP contribution in [0.2, 0.25) is 13.1 Å². The van der Waals surface area contributed by atoms with Crippen LogP contribution in [0.3, 0.4) is 0 Å². The van der Waals surface area contributed by atoms with Gasteiger partial charge in [0.15, 0.2) is 5.76 Å². The van der Waals surface area contributed by atoms with Crippen LogP contribution in [0.15, 0.2) is 89.3 Å². The number of furan rings is 1. The molecule has 3 aromatic carbocycles. The van der Waals surface area contributed by atoms with Crippen molar-refractivity contribution in [1.82, 2.24) is 5.32 Å². The molecule has 0 saturated heterocycles. The molecular formula is C33H41N2O3Si. The number of carbonyl (C=O) groups is 1. The van der Waals surface area contributed by atoms with Crippen molar-refractivity contribution in [2.75, 3.05) is 5.32 Å². The smallest absolute Gasteiger partial charge is 0.291 e. The molecule has 2 N–H and O–H groups in total. The van der Waals surface area contributed by atoms with Crippen LogP contribution in [0.1, 0.15) is 49.6 Å². The molecule has 0 aliphatic rings. The SMILES string of the molecule is CC(NCc1ccc2ccccc2c1)C(Cc1ccc(C(=O)Nc2ccccc2)o1)C(O[Si](C)C)C(C)(C)C. The number of fused-ring (bicyclic) bond motifs is 1. The zero-order valence-corrected chi connectivity index (χ0v) is 25.0. The van der Waals surface area contributed by atoms with Crippen LogP contribution in [0.25, 0.3) is 10.8 Å². The molecule has 0 bridgehead atoms. The lowest BCUT2D eigenvalue weighted by molar-refractivity contribution is 0.0169.